The summed E-state index contributed by atoms with van der Waals surface area (Å²) in [7, 11) is 0. The standard InChI is InChI=1S/C15H14ClF3N2O2/c1-3-11(15(17,18)19)13-8(2)23-14(22)21(13)10-5-4-9(7-20)12(16)6-10/h4-6,8,11,13H,3H2,1-2H3/t8-,11?,13?/m0/s1. The Hall–Kier alpha value is -1.94. The molecule has 8 heteroatoms. The van der Waals surface area contributed by atoms with E-state index in [0.29, 0.717) is 0 Å². The Morgan fingerprint density at radius 3 is 2.61 bits per heavy atom. The SMILES string of the molecule is CCC(C1[C@H](C)OC(=O)N1c1ccc(C#N)c(Cl)c1)C(F)(F)F. The minimum absolute atomic E-state index is 0.0659. The summed E-state index contributed by atoms with van der Waals surface area (Å²) >= 11 is 5.92. The van der Waals surface area contributed by atoms with Gasteiger partial charge < -0.3 is 4.74 Å². The zero-order valence-electron chi connectivity index (χ0n) is 12.4. The second-order valence-electron chi connectivity index (χ2n) is 5.28. The molecule has 1 aliphatic heterocycles. The summed E-state index contributed by atoms with van der Waals surface area (Å²) in [6.45, 7) is 2.85. The highest BCUT2D eigenvalue weighted by Gasteiger charge is 2.53. The minimum atomic E-state index is -4.46. The van der Waals surface area contributed by atoms with Crippen LogP contribution in [-0.2, 0) is 4.74 Å². The summed E-state index contributed by atoms with van der Waals surface area (Å²) in [5.74, 6) is -1.72. The molecule has 0 saturated carbocycles. The monoisotopic (exact) mass is 346 g/mol. The number of anilines is 1. The fourth-order valence-corrected chi connectivity index (χ4v) is 3.03. The maximum absolute atomic E-state index is 13.3. The van der Waals surface area contributed by atoms with Gasteiger partial charge in [0.2, 0.25) is 0 Å². The number of nitriles is 1. The second kappa shape index (κ2) is 6.28. The van der Waals surface area contributed by atoms with Crippen molar-refractivity contribution in [1.29, 1.82) is 5.26 Å². The third-order valence-electron chi connectivity index (χ3n) is 3.89. The van der Waals surface area contributed by atoms with E-state index >= 15 is 0 Å². The molecule has 3 atom stereocenters. The number of cyclic esters (lactones) is 1. The van der Waals surface area contributed by atoms with E-state index in [-0.39, 0.29) is 22.7 Å². The van der Waals surface area contributed by atoms with Crippen molar-refractivity contribution in [2.24, 2.45) is 5.92 Å². The van der Waals surface area contributed by atoms with E-state index in [0.717, 1.165) is 4.90 Å². The van der Waals surface area contributed by atoms with Crippen molar-refractivity contribution in [3.05, 3.63) is 28.8 Å². The van der Waals surface area contributed by atoms with E-state index in [9.17, 15) is 18.0 Å². The third kappa shape index (κ3) is 3.22. The van der Waals surface area contributed by atoms with Crippen molar-refractivity contribution >= 4 is 23.4 Å². The average Bonchev–Trinajstić information content (AvgIpc) is 2.73. The van der Waals surface area contributed by atoms with Crippen molar-refractivity contribution in [2.75, 3.05) is 4.90 Å². The molecular weight excluding hydrogens is 333 g/mol. The normalized spacial score (nSPS) is 22.7. The van der Waals surface area contributed by atoms with Gasteiger partial charge in [-0.15, -0.1) is 0 Å². The van der Waals surface area contributed by atoms with Crippen LogP contribution in [0.4, 0.5) is 23.7 Å². The van der Waals surface area contributed by atoms with E-state index in [4.69, 9.17) is 21.6 Å². The van der Waals surface area contributed by atoms with Gasteiger partial charge in [-0.3, -0.25) is 4.90 Å². The van der Waals surface area contributed by atoms with E-state index in [1.165, 1.54) is 32.0 Å². The summed E-state index contributed by atoms with van der Waals surface area (Å²) < 4.78 is 44.9. The van der Waals surface area contributed by atoms with Crippen LogP contribution in [0.2, 0.25) is 5.02 Å². The van der Waals surface area contributed by atoms with Crippen molar-refractivity contribution in [3.63, 3.8) is 0 Å². The summed E-state index contributed by atoms with van der Waals surface area (Å²) in [4.78, 5) is 13.0. The van der Waals surface area contributed by atoms with Crippen LogP contribution >= 0.6 is 11.6 Å². The van der Waals surface area contributed by atoms with Crippen LogP contribution in [0, 0.1) is 17.2 Å². The Morgan fingerprint density at radius 1 is 1.48 bits per heavy atom. The molecule has 124 valence electrons. The molecule has 1 saturated heterocycles. The fourth-order valence-electron chi connectivity index (χ4n) is 2.81. The first-order valence-corrected chi connectivity index (χ1v) is 7.34. The van der Waals surface area contributed by atoms with Crippen LogP contribution in [0.15, 0.2) is 18.2 Å². The highest BCUT2D eigenvalue weighted by Crippen LogP contribution is 2.41. The van der Waals surface area contributed by atoms with Crippen molar-refractivity contribution < 1.29 is 22.7 Å². The predicted molar refractivity (Wildman–Crippen MR) is 78.2 cm³/mol. The topological polar surface area (TPSA) is 53.3 Å². The molecule has 0 N–H and O–H groups in total. The van der Waals surface area contributed by atoms with Crippen LogP contribution in [0.5, 0.6) is 0 Å². The van der Waals surface area contributed by atoms with Crippen LogP contribution in [0.3, 0.4) is 0 Å². The van der Waals surface area contributed by atoms with Crippen molar-refractivity contribution in [3.8, 4) is 6.07 Å². The van der Waals surface area contributed by atoms with E-state index in [1.54, 1.807) is 0 Å². The molecule has 1 aromatic rings. The number of nitrogens with zero attached hydrogens (tertiary/aromatic N) is 2. The molecule has 0 aromatic heterocycles. The van der Waals surface area contributed by atoms with Gasteiger partial charge in [0, 0.05) is 5.69 Å². The lowest BCUT2D eigenvalue weighted by atomic mass is 9.91. The van der Waals surface area contributed by atoms with Crippen LogP contribution < -0.4 is 4.90 Å². The van der Waals surface area contributed by atoms with Gasteiger partial charge in [0.05, 0.1) is 22.5 Å². The van der Waals surface area contributed by atoms with Gasteiger partial charge in [0.25, 0.3) is 0 Å². The number of hydrogen-bond donors (Lipinski definition) is 0. The number of carbonyl (C=O) groups excluding carboxylic acids is 1. The number of alkyl halides is 3. The molecule has 2 rings (SSSR count). The molecule has 23 heavy (non-hydrogen) atoms. The molecule has 0 radical (unpaired) electrons. The van der Waals surface area contributed by atoms with Gasteiger partial charge in [-0.25, -0.2) is 4.79 Å². The van der Waals surface area contributed by atoms with Crippen molar-refractivity contribution in [2.45, 2.75) is 38.6 Å². The number of halogens is 4. The van der Waals surface area contributed by atoms with Crippen LogP contribution in [0.1, 0.15) is 25.8 Å². The Balaban J connectivity index is 2.47. The summed E-state index contributed by atoms with van der Waals surface area (Å²) in [6, 6.07) is 4.72. The Labute approximate surface area is 136 Å². The lowest BCUT2D eigenvalue weighted by molar-refractivity contribution is -0.183. The van der Waals surface area contributed by atoms with Gasteiger partial charge in [-0.1, -0.05) is 18.5 Å². The predicted octanol–water partition coefficient (Wildman–Crippen LogP) is 4.51. The number of benzene rings is 1. The quantitative estimate of drug-likeness (QED) is 0.809. The van der Waals surface area contributed by atoms with Crippen LogP contribution in [-0.4, -0.2) is 24.4 Å². The fraction of sp³-hybridized carbons (Fsp3) is 0.467. The van der Waals surface area contributed by atoms with Crippen LogP contribution in [0.25, 0.3) is 0 Å². The smallest absolute Gasteiger partial charge is 0.415 e. The molecular formula is C15H14ClF3N2O2. The first-order valence-electron chi connectivity index (χ1n) is 6.96. The lowest BCUT2D eigenvalue weighted by Crippen LogP contribution is -2.47. The molecule has 2 unspecified atom stereocenters. The minimum Gasteiger partial charge on any atom is -0.444 e. The van der Waals surface area contributed by atoms with Gasteiger partial charge in [0.1, 0.15) is 12.2 Å². The molecule has 0 aliphatic carbocycles. The Bertz CT molecular complexity index is 657. The molecule has 1 aromatic carbocycles. The summed E-state index contributed by atoms with van der Waals surface area (Å²) in [5.41, 5.74) is 0.353. The number of carbonyl (C=O) groups is 1. The lowest BCUT2D eigenvalue weighted by Gasteiger charge is -2.31. The molecule has 1 fully saturated rings. The third-order valence-corrected chi connectivity index (χ3v) is 4.20. The number of rotatable bonds is 3. The molecule has 1 amide bonds. The largest absolute Gasteiger partial charge is 0.444 e. The van der Waals surface area contributed by atoms with Gasteiger partial charge in [-0.05, 0) is 31.5 Å². The van der Waals surface area contributed by atoms with Gasteiger partial charge in [0.15, 0.2) is 0 Å². The molecule has 4 nitrogen and oxygen atoms in total. The maximum atomic E-state index is 13.3. The molecule has 1 heterocycles. The van der Waals surface area contributed by atoms with E-state index < -0.39 is 30.3 Å². The molecule has 0 bridgehead atoms. The average molecular weight is 347 g/mol. The highest BCUT2D eigenvalue weighted by atomic mass is 35.5. The first kappa shape index (κ1) is 17.4. The Kier molecular flexibility index (Phi) is 4.76. The number of hydrogen-bond acceptors (Lipinski definition) is 3. The Morgan fingerprint density at radius 2 is 2.13 bits per heavy atom. The van der Waals surface area contributed by atoms with Crippen molar-refractivity contribution in [1.82, 2.24) is 0 Å². The highest BCUT2D eigenvalue weighted by molar-refractivity contribution is 6.32. The summed E-state index contributed by atoms with van der Waals surface area (Å²) in [5, 5.41) is 8.93. The van der Waals surface area contributed by atoms with Gasteiger partial charge >= 0.3 is 12.3 Å². The molecule has 0 spiro atoms. The number of ether oxygens (including phenoxy) is 1. The van der Waals surface area contributed by atoms with Gasteiger partial charge in [-0.2, -0.15) is 18.4 Å². The zero-order chi connectivity index (χ0) is 17.4. The van der Waals surface area contributed by atoms with E-state index in [1.807, 2.05) is 6.07 Å². The maximum Gasteiger partial charge on any atom is 0.415 e. The zero-order valence-corrected chi connectivity index (χ0v) is 13.1. The summed E-state index contributed by atoms with van der Waals surface area (Å²) in [6.07, 6.45) is -6.42. The number of amides is 1. The van der Waals surface area contributed by atoms with E-state index in [2.05, 4.69) is 0 Å². The first-order chi connectivity index (χ1) is 10.7. The molecule has 1 aliphatic rings. The second-order valence-corrected chi connectivity index (χ2v) is 5.69.